The molecule has 0 bridgehead atoms. The second-order valence-electron chi connectivity index (χ2n) is 14.6. The van der Waals surface area contributed by atoms with Gasteiger partial charge in [-0.3, -0.25) is 0 Å². The van der Waals surface area contributed by atoms with Crippen molar-refractivity contribution in [1.29, 1.82) is 0 Å². The molecule has 0 aliphatic carbocycles. The third-order valence-electron chi connectivity index (χ3n) is 10.6. The van der Waals surface area contributed by atoms with Gasteiger partial charge in [0.2, 0.25) is 0 Å². The van der Waals surface area contributed by atoms with Crippen molar-refractivity contribution in [2.75, 3.05) is 6.61 Å². The molecule has 0 amide bonds. The Bertz CT molecular complexity index is 2120. The second-order valence-corrected chi connectivity index (χ2v) is 15.0. The first-order chi connectivity index (χ1) is 28.4. The van der Waals surface area contributed by atoms with Crippen LogP contribution in [-0.4, -0.2) is 31.0 Å². The molecule has 6 atom stereocenters. The van der Waals surface area contributed by atoms with E-state index in [2.05, 4.69) is 85.8 Å². The van der Waals surface area contributed by atoms with Crippen LogP contribution in [0.15, 0.2) is 158 Å². The van der Waals surface area contributed by atoms with Crippen LogP contribution in [0, 0.1) is 0 Å². The molecular weight excluding hydrogens is 728 g/mol. The molecule has 0 radical (unpaired) electrons. The van der Waals surface area contributed by atoms with Crippen LogP contribution in [0.2, 0.25) is 5.02 Å². The van der Waals surface area contributed by atoms with E-state index in [1.54, 1.807) is 0 Å². The smallest absolute Gasteiger partial charge is 0.117 e. The van der Waals surface area contributed by atoms with Crippen LogP contribution in [-0.2, 0) is 69.4 Å². The first-order valence-electron chi connectivity index (χ1n) is 20.6. The molecule has 1 aliphatic heterocycles. The molecule has 1 heterocycles. The highest BCUT2D eigenvalue weighted by Crippen LogP contribution is 2.41. The first kappa shape index (κ1) is 39.2. The summed E-state index contributed by atoms with van der Waals surface area (Å²) in [5.74, 6) is 0. The summed E-state index contributed by atoms with van der Waals surface area (Å²) in [6, 6.07) is 53.4. The summed E-state index contributed by atoms with van der Waals surface area (Å²) in [7, 11) is 0. The van der Waals surface area contributed by atoms with E-state index < -0.39 is 36.9 Å². The summed E-state index contributed by atoms with van der Waals surface area (Å²) in [6.45, 7) is 5.71. The first-order valence-corrected chi connectivity index (χ1v) is 20.4. The molecule has 57 heavy (non-hydrogen) atoms. The van der Waals surface area contributed by atoms with Crippen molar-refractivity contribution in [1.82, 2.24) is 0 Å². The number of aryl methyl sites for hydroxylation is 2. The van der Waals surface area contributed by atoms with Crippen molar-refractivity contribution in [2.45, 2.75) is 90.0 Å². The predicted molar refractivity (Wildman–Crippen MR) is 228 cm³/mol. The van der Waals surface area contributed by atoms with Gasteiger partial charge in [-0.05, 0) is 75.4 Å². The Hall–Kier alpha value is -4.59. The number of rotatable bonds is 18. The Morgan fingerprint density at radius 3 is 1.51 bits per heavy atom. The lowest BCUT2D eigenvalue weighted by Gasteiger charge is -2.47. The topological polar surface area (TPSA) is 46.2 Å². The van der Waals surface area contributed by atoms with Gasteiger partial charge in [0.05, 0.1) is 33.0 Å². The highest BCUT2D eigenvalue weighted by molar-refractivity contribution is 6.31. The van der Waals surface area contributed by atoms with Crippen molar-refractivity contribution < 1.29 is 25.1 Å². The summed E-state index contributed by atoms with van der Waals surface area (Å²) >= 11 is 7.07. The molecule has 5 nitrogen and oxygen atoms in total. The fraction of sp³-hybridized carbons (Fsp3) is 0.294. The highest BCUT2D eigenvalue weighted by Gasteiger charge is 2.49. The fourth-order valence-corrected chi connectivity index (χ4v) is 7.68. The van der Waals surface area contributed by atoms with Gasteiger partial charge >= 0.3 is 0 Å². The average molecular weight is 782 g/mol. The van der Waals surface area contributed by atoms with Crippen LogP contribution >= 0.6 is 11.6 Å². The lowest BCUT2D eigenvalue weighted by Crippen LogP contribution is -2.58. The largest absolute Gasteiger partial charge is 0.374 e. The lowest BCUT2D eigenvalue weighted by atomic mass is 9.86. The molecule has 6 aromatic rings. The Kier molecular flexibility index (Phi) is 14.3. The van der Waals surface area contributed by atoms with Crippen LogP contribution in [0.3, 0.4) is 0 Å². The van der Waals surface area contributed by atoms with E-state index in [1.165, 1.54) is 5.56 Å². The maximum Gasteiger partial charge on any atom is 0.117 e. The van der Waals surface area contributed by atoms with E-state index in [0.717, 1.165) is 50.9 Å². The molecule has 0 saturated carbocycles. The van der Waals surface area contributed by atoms with E-state index in [9.17, 15) is 0 Å². The van der Waals surface area contributed by atoms with Crippen LogP contribution in [0.4, 0.5) is 0 Å². The van der Waals surface area contributed by atoms with Crippen molar-refractivity contribution in [3.8, 4) is 0 Å². The van der Waals surface area contributed by atoms with E-state index in [1.807, 2.05) is 85.8 Å². The maximum atomic E-state index is 9.08. The van der Waals surface area contributed by atoms with Crippen LogP contribution in [0.5, 0.6) is 0 Å². The molecular formula is C51H53ClO5. The third kappa shape index (κ3) is 11.1. The zero-order valence-corrected chi connectivity index (χ0v) is 33.6. The molecule has 7 rings (SSSR count). The molecule has 1 unspecified atom stereocenters. The fourth-order valence-electron chi connectivity index (χ4n) is 7.44. The van der Waals surface area contributed by atoms with E-state index >= 15 is 0 Å². The molecule has 1 saturated heterocycles. The summed E-state index contributed by atoms with van der Waals surface area (Å²) in [5.41, 5.74) is 9.20. The predicted octanol–water partition coefficient (Wildman–Crippen LogP) is 11.5. The molecule has 6 aromatic carbocycles. The van der Waals surface area contributed by atoms with Crippen LogP contribution in [0.1, 0.15) is 71.4 Å². The summed E-state index contributed by atoms with van der Waals surface area (Å²) in [5, 5.41) is 0.624. The van der Waals surface area contributed by atoms with Gasteiger partial charge in [-0.1, -0.05) is 177 Å². The number of benzene rings is 6. The highest BCUT2D eigenvalue weighted by atomic mass is 35.5. The molecule has 1 fully saturated rings. The van der Waals surface area contributed by atoms with Crippen molar-refractivity contribution in [2.24, 2.45) is 0 Å². The van der Waals surface area contributed by atoms with Crippen LogP contribution < -0.4 is 0 Å². The monoisotopic (exact) mass is 781 g/mol. The van der Waals surface area contributed by atoms with E-state index in [0.29, 0.717) is 37.9 Å². The minimum Gasteiger partial charge on any atom is -0.374 e. The molecule has 6 heteroatoms. The summed E-state index contributed by atoms with van der Waals surface area (Å²) in [6.07, 6.45) is -1.98. The number of ether oxygens (including phenoxy) is 5. The van der Waals surface area contributed by atoms with Gasteiger partial charge in [-0.25, -0.2) is 0 Å². The third-order valence-corrected chi connectivity index (χ3v) is 10.9. The Labute approximate surface area is 344 Å². The zero-order chi connectivity index (χ0) is 40.1. The quantitative estimate of drug-likeness (QED) is 0.0869. The number of hydrogen-bond donors (Lipinski definition) is 0. The van der Waals surface area contributed by atoms with Gasteiger partial charge in [-0.2, -0.15) is 0 Å². The Balaban J connectivity index is 1.31. The van der Waals surface area contributed by atoms with Gasteiger partial charge in [0.1, 0.15) is 30.5 Å². The van der Waals surface area contributed by atoms with Crippen molar-refractivity contribution >= 4 is 11.6 Å². The number of halogens is 1. The van der Waals surface area contributed by atoms with Gasteiger partial charge < -0.3 is 23.7 Å². The normalized spacial score (nSPS) is 20.2. The van der Waals surface area contributed by atoms with E-state index in [-0.39, 0.29) is 6.61 Å². The van der Waals surface area contributed by atoms with Gasteiger partial charge in [0.15, 0.2) is 0 Å². The minimum atomic E-state index is -0.646. The maximum absolute atomic E-state index is 9.08. The average Bonchev–Trinajstić information content (AvgIpc) is 3.26. The summed E-state index contributed by atoms with van der Waals surface area (Å²) < 4.78 is 43.8. The van der Waals surface area contributed by atoms with Crippen molar-refractivity contribution in [3.05, 3.63) is 213 Å². The summed E-state index contributed by atoms with van der Waals surface area (Å²) in [4.78, 5) is 0. The SMILES string of the molecule is [2H]C(C)c1cc(Cl)c(Cc2ccc(CC)cc2)cc1[C@@H]1O[C@H](COCc2ccccc2)[C@@H](OCc2ccccc2)[C@H](OCc2ccccc2)[C@H]1OCc1ccccc1. The molecule has 1 aliphatic rings. The Morgan fingerprint density at radius 1 is 0.526 bits per heavy atom. The minimum absolute atomic E-state index is 0.247. The van der Waals surface area contributed by atoms with Gasteiger partial charge in [-0.15, -0.1) is 0 Å². The van der Waals surface area contributed by atoms with E-state index in [4.69, 9.17) is 36.7 Å². The molecule has 0 spiro atoms. The van der Waals surface area contributed by atoms with Gasteiger partial charge in [0, 0.05) is 6.39 Å². The standard InChI is InChI=1S/C51H53ClO5/c1-3-37-25-27-38(28-26-37)29-44-30-45(43(4-2)31-46(44)52)48-50(55-34-41-21-13-7-14-22-41)51(56-35-42-23-15-8-16-24-42)49(54-33-40-19-11-6-12-20-40)47(57-48)36-53-32-39-17-9-5-10-18-39/h5-28,30-31,47-51H,3-4,29,32-36H2,1-2H3/t47-,48+,49-,50+,51+/m1/s1/i4D/t4?,47-,48+,49-,50+,51+. The second kappa shape index (κ2) is 20.7. The van der Waals surface area contributed by atoms with Crippen molar-refractivity contribution in [3.63, 3.8) is 0 Å². The number of hydrogen-bond acceptors (Lipinski definition) is 5. The Morgan fingerprint density at radius 2 is 1.00 bits per heavy atom. The van der Waals surface area contributed by atoms with Crippen LogP contribution in [0.25, 0.3) is 0 Å². The molecule has 294 valence electrons. The lowest BCUT2D eigenvalue weighted by molar-refractivity contribution is -0.275. The zero-order valence-electron chi connectivity index (χ0n) is 33.8. The molecule has 0 aromatic heterocycles. The molecule has 0 N–H and O–H groups in total. The van der Waals surface area contributed by atoms with Gasteiger partial charge in [0.25, 0.3) is 0 Å².